The Kier molecular flexibility index (Phi) is 2.57. The second-order valence-corrected chi connectivity index (χ2v) is 5.73. The fraction of sp³-hybridized carbons (Fsp3) is 0.467. The van der Waals surface area contributed by atoms with Crippen LogP contribution < -0.4 is 0 Å². The van der Waals surface area contributed by atoms with Crippen molar-refractivity contribution < 1.29 is 14.3 Å². The van der Waals surface area contributed by atoms with Gasteiger partial charge in [-0.15, -0.1) is 0 Å². The number of benzene rings is 1. The minimum Gasteiger partial charge on any atom is -0.481 e. The molecule has 5 heteroatoms. The summed E-state index contributed by atoms with van der Waals surface area (Å²) in [6.07, 6.45) is 2.83. The van der Waals surface area contributed by atoms with E-state index < -0.39 is 5.97 Å². The van der Waals surface area contributed by atoms with Gasteiger partial charge in [-0.25, -0.2) is 4.98 Å². The first-order chi connectivity index (χ1) is 9.72. The van der Waals surface area contributed by atoms with Gasteiger partial charge in [0.2, 0.25) is 5.89 Å². The maximum Gasteiger partial charge on any atom is 0.308 e. The van der Waals surface area contributed by atoms with E-state index >= 15 is 0 Å². The normalized spacial score (nSPS) is 29.3. The fourth-order valence-electron chi connectivity index (χ4n) is 3.76. The third kappa shape index (κ3) is 1.73. The number of hydrogen-bond donors (Lipinski definition) is 1. The molecule has 20 heavy (non-hydrogen) atoms. The molecule has 5 nitrogen and oxygen atoms in total. The summed E-state index contributed by atoms with van der Waals surface area (Å²) < 4.78 is 5.75. The molecule has 2 aliphatic heterocycles. The maximum absolute atomic E-state index is 11.3. The number of aromatic nitrogens is 1. The van der Waals surface area contributed by atoms with E-state index in [1.807, 2.05) is 24.3 Å². The van der Waals surface area contributed by atoms with E-state index in [4.69, 9.17) is 4.42 Å². The standard InChI is InChI=1S/C15H16N2O3/c18-15(19)10-7-9-5-6-12(10)17(9)8-14-16-11-3-1-2-4-13(11)20-14/h1-4,9-10,12H,5-8H2,(H,18,19). The summed E-state index contributed by atoms with van der Waals surface area (Å²) in [5.41, 5.74) is 1.66. The minimum absolute atomic E-state index is 0.146. The summed E-state index contributed by atoms with van der Waals surface area (Å²) in [5, 5.41) is 9.27. The first-order valence-electron chi connectivity index (χ1n) is 7.05. The van der Waals surface area contributed by atoms with Gasteiger partial charge in [-0.1, -0.05) is 12.1 Å². The molecule has 0 aliphatic carbocycles. The first kappa shape index (κ1) is 11.9. The van der Waals surface area contributed by atoms with Gasteiger partial charge in [0.05, 0.1) is 12.5 Å². The highest BCUT2D eigenvalue weighted by Gasteiger charge is 2.49. The molecule has 3 unspecified atom stereocenters. The summed E-state index contributed by atoms with van der Waals surface area (Å²) in [5.74, 6) is -0.202. The Labute approximate surface area is 116 Å². The number of aliphatic carboxylic acids is 1. The van der Waals surface area contributed by atoms with Crippen LogP contribution in [0.3, 0.4) is 0 Å². The molecule has 0 amide bonds. The Balaban J connectivity index is 1.59. The number of para-hydroxylation sites is 2. The van der Waals surface area contributed by atoms with Gasteiger partial charge in [0, 0.05) is 12.1 Å². The summed E-state index contributed by atoms with van der Waals surface area (Å²) in [6, 6.07) is 8.22. The van der Waals surface area contributed by atoms with Crippen molar-refractivity contribution in [3.05, 3.63) is 30.2 Å². The van der Waals surface area contributed by atoms with Crippen LogP contribution in [-0.2, 0) is 11.3 Å². The molecule has 0 saturated carbocycles. The van der Waals surface area contributed by atoms with E-state index in [1.165, 1.54) is 0 Å². The van der Waals surface area contributed by atoms with Crippen LogP contribution in [0.2, 0.25) is 0 Å². The van der Waals surface area contributed by atoms with Gasteiger partial charge < -0.3 is 9.52 Å². The summed E-state index contributed by atoms with van der Waals surface area (Å²) >= 11 is 0. The molecule has 3 atom stereocenters. The van der Waals surface area contributed by atoms with Gasteiger partial charge >= 0.3 is 5.97 Å². The fourth-order valence-corrected chi connectivity index (χ4v) is 3.76. The van der Waals surface area contributed by atoms with E-state index in [9.17, 15) is 9.90 Å². The first-order valence-corrected chi connectivity index (χ1v) is 7.05. The second-order valence-electron chi connectivity index (χ2n) is 5.73. The lowest BCUT2D eigenvalue weighted by atomic mass is 9.89. The van der Waals surface area contributed by atoms with Crippen LogP contribution in [0.5, 0.6) is 0 Å². The molecule has 104 valence electrons. The molecule has 1 aromatic carbocycles. The predicted molar refractivity (Wildman–Crippen MR) is 72.1 cm³/mol. The minimum atomic E-state index is -0.667. The van der Waals surface area contributed by atoms with Crippen molar-refractivity contribution in [3.63, 3.8) is 0 Å². The van der Waals surface area contributed by atoms with Gasteiger partial charge in [0.25, 0.3) is 0 Å². The van der Waals surface area contributed by atoms with Crippen molar-refractivity contribution in [1.29, 1.82) is 0 Å². The van der Waals surface area contributed by atoms with Crippen molar-refractivity contribution in [3.8, 4) is 0 Å². The van der Waals surface area contributed by atoms with Crippen LogP contribution >= 0.6 is 0 Å². The maximum atomic E-state index is 11.3. The Morgan fingerprint density at radius 1 is 1.40 bits per heavy atom. The van der Waals surface area contributed by atoms with E-state index in [2.05, 4.69) is 9.88 Å². The highest BCUT2D eigenvalue weighted by atomic mass is 16.4. The van der Waals surface area contributed by atoms with Crippen LogP contribution in [0, 0.1) is 5.92 Å². The lowest BCUT2D eigenvalue weighted by Gasteiger charge is -2.20. The number of rotatable bonds is 3. The van der Waals surface area contributed by atoms with Gasteiger partial charge in [-0.3, -0.25) is 9.69 Å². The smallest absolute Gasteiger partial charge is 0.308 e. The number of carbonyl (C=O) groups is 1. The molecule has 2 fully saturated rings. The average Bonchev–Trinajstić information content (AvgIpc) is 3.11. The molecule has 1 aromatic heterocycles. The monoisotopic (exact) mass is 272 g/mol. The summed E-state index contributed by atoms with van der Waals surface area (Å²) in [6.45, 7) is 0.619. The summed E-state index contributed by atoms with van der Waals surface area (Å²) in [7, 11) is 0. The van der Waals surface area contributed by atoms with Crippen LogP contribution in [0.25, 0.3) is 11.1 Å². The SMILES string of the molecule is O=C(O)C1CC2CCC1N2Cc1nc2ccccc2o1. The number of fused-ring (bicyclic) bond motifs is 3. The summed E-state index contributed by atoms with van der Waals surface area (Å²) in [4.78, 5) is 18.0. The molecule has 2 bridgehead atoms. The number of oxazole rings is 1. The van der Waals surface area contributed by atoms with Gasteiger partial charge in [-0.05, 0) is 31.4 Å². The van der Waals surface area contributed by atoms with Crippen LogP contribution in [0.1, 0.15) is 25.2 Å². The number of carboxylic acids is 1. The van der Waals surface area contributed by atoms with Crippen molar-refractivity contribution in [2.24, 2.45) is 5.92 Å². The van der Waals surface area contributed by atoms with Crippen LogP contribution in [0.15, 0.2) is 28.7 Å². The van der Waals surface area contributed by atoms with Crippen LogP contribution in [0.4, 0.5) is 0 Å². The number of carboxylic acid groups (broad SMARTS) is 1. The predicted octanol–water partition coefficient (Wildman–Crippen LogP) is 2.27. The average molecular weight is 272 g/mol. The molecular formula is C15H16N2O3. The molecule has 2 aliphatic rings. The second kappa shape index (κ2) is 4.31. The highest BCUT2D eigenvalue weighted by molar-refractivity contribution is 5.72. The Hall–Kier alpha value is -1.88. The number of nitrogens with zero attached hydrogens (tertiary/aromatic N) is 2. The lowest BCUT2D eigenvalue weighted by Crippen LogP contribution is -2.32. The van der Waals surface area contributed by atoms with Crippen molar-refractivity contribution in [2.45, 2.75) is 37.9 Å². The Morgan fingerprint density at radius 2 is 2.25 bits per heavy atom. The molecule has 4 rings (SSSR count). The molecule has 0 radical (unpaired) electrons. The van der Waals surface area contributed by atoms with E-state index in [1.54, 1.807) is 0 Å². The Morgan fingerprint density at radius 3 is 3.00 bits per heavy atom. The lowest BCUT2D eigenvalue weighted by molar-refractivity contribution is -0.142. The zero-order chi connectivity index (χ0) is 13.7. The van der Waals surface area contributed by atoms with E-state index in [0.29, 0.717) is 18.5 Å². The van der Waals surface area contributed by atoms with E-state index in [-0.39, 0.29) is 12.0 Å². The molecule has 0 spiro atoms. The van der Waals surface area contributed by atoms with Crippen LogP contribution in [-0.4, -0.2) is 33.0 Å². The van der Waals surface area contributed by atoms with Crippen molar-refractivity contribution in [1.82, 2.24) is 9.88 Å². The molecule has 1 N–H and O–H groups in total. The highest BCUT2D eigenvalue weighted by Crippen LogP contribution is 2.42. The topological polar surface area (TPSA) is 66.6 Å². The third-order valence-electron chi connectivity index (χ3n) is 4.65. The quantitative estimate of drug-likeness (QED) is 0.928. The third-order valence-corrected chi connectivity index (χ3v) is 4.65. The van der Waals surface area contributed by atoms with Gasteiger partial charge in [0.15, 0.2) is 5.58 Å². The van der Waals surface area contributed by atoms with Gasteiger partial charge in [-0.2, -0.15) is 0 Å². The number of hydrogen-bond acceptors (Lipinski definition) is 4. The Bertz CT molecular complexity index is 633. The molecular weight excluding hydrogens is 256 g/mol. The van der Waals surface area contributed by atoms with E-state index in [0.717, 1.165) is 30.4 Å². The zero-order valence-electron chi connectivity index (χ0n) is 11.0. The molecule has 2 aromatic rings. The van der Waals surface area contributed by atoms with Gasteiger partial charge in [0.1, 0.15) is 5.52 Å². The van der Waals surface area contributed by atoms with Crippen molar-refractivity contribution in [2.75, 3.05) is 0 Å². The largest absolute Gasteiger partial charge is 0.481 e. The zero-order valence-corrected chi connectivity index (χ0v) is 11.0. The molecule has 2 saturated heterocycles. The molecule has 3 heterocycles. The van der Waals surface area contributed by atoms with Crippen molar-refractivity contribution >= 4 is 17.1 Å².